The third-order valence-corrected chi connectivity index (χ3v) is 3.41. The molecular weight excluding hydrogens is 220 g/mol. The van der Waals surface area contributed by atoms with E-state index in [0.717, 1.165) is 13.0 Å². The maximum absolute atomic E-state index is 2.45. The molecule has 1 aliphatic rings. The highest BCUT2D eigenvalue weighted by atomic mass is 15.7. The fraction of sp³-hybridized carbons (Fsp3) is 0.500. The average Bonchev–Trinajstić information content (AvgIpc) is 2.69. The number of hydrogen-bond donors (Lipinski definition) is 0. The fourth-order valence-electron chi connectivity index (χ4n) is 2.40. The van der Waals surface area contributed by atoms with Gasteiger partial charge in [0.05, 0.1) is 0 Å². The molecule has 0 saturated carbocycles. The van der Waals surface area contributed by atoms with E-state index in [4.69, 9.17) is 0 Å². The van der Waals surface area contributed by atoms with Gasteiger partial charge in [-0.1, -0.05) is 30.3 Å². The Balaban J connectivity index is 2.00. The molecule has 18 heavy (non-hydrogen) atoms. The van der Waals surface area contributed by atoms with E-state index in [9.17, 15) is 0 Å². The predicted octanol–water partition coefficient (Wildman–Crippen LogP) is 3.46. The molecule has 1 heterocycles. The summed E-state index contributed by atoms with van der Waals surface area (Å²) < 4.78 is 0. The van der Waals surface area contributed by atoms with Crippen molar-refractivity contribution in [1.29, 1.82) is 0 Å². The summed E-state index contributed by atoms with van der Waals surface area (Å²) in [5.41, 5.74) is 1.56. The Hall–Kier alpha value is -1.28. The van der Waals surface area contributed by atoms with Gasteiger partial charge < -0.3 is 5.01 Å². The summed E-state index contributed by atoms with van der Waals surface area (Å²) >= 11 is 0. The van der Waals surface area contributed by atoms with Crippen LogP contribution in [-0.4, -0.2) is 28.1 Å². The maximum Gasteiger partial charge on any atom is 0.0475 e. The van der Waals surface area contributed by atoms with Gasteiger partial charge >= 0.3 is 0 Å². The van der Waals surface area contributed by atoms with E-state index >= 15 is 0 Å². The summed E-state index contributed by atoms with van der Waals surface area (Å²) in [6, 6.07) is 11.2. The molecule has 1 aliphatic heterocycles. The topological polar surface area (TPSA) is 6.48 Å². The molecule has 0 saturated heterocycles. The van der Waals surface area contributed by atoms with Gasteiger partial charge in [0, 0.05) is 24.3 Å². The Morgan fingerprint density at radius 2 is 1.78 bits per heavy atom. The van der Waals surface area contributed by atoms with Crippen molar-refractivity contribution in [2.75, 3.05) is 6.54 Å². The van der Waals surface area contributed by atoms with Crippen LogP contribution in [0.15, 0.2) is 42.6 Å². The number of hydrazine groups is 1. The van der Waals surface area contributed by atoms with Gasteiger partial charge in [-0.05, 0) is 45.8 Å². The van der Waals surface area contributed by atoms with Crippen molar-refractivity contribution < 1.29 is 0 Å². The van der Waals surface area contributed by atoms with E-state index in [2.05, 4.69) is 80.3 Å². The highest BCUT2D eigenvalue weighted by molar-refractivity contribution is 5.15. The summed E-state index contributed by atoms with van der Waals surface area (Å²) in [5, 5.41) is 4.81. The van der Waals surface area contributed by atoms with Crippen LogP contribution in [0, 0.1) is 0 Å². The monoisotopic (exact) mass is 244 g/mol. The molecule has 2 rings (SSSR count). The standard InChI is InChI=1S/C16H24N2/c1-14-10-13-18(16(2,3)4)17(14)12-11-15-8-6-5-7-9-15/h5-10,13-14H,11-12H2,1-4H3. The van der Waals surface area contributed by atoms with E-state index in [0.29, 0.717) is 6.04 Å². The van der Waals surface area contributed by atoms with Crippen LogP contribution in [0.3, 0.4) is 0 Å². The van der Waals surface area contributed by atoms with E-state index in [1.165, 1.54) is 5.56 Å². The lowest BCUT2D eigenvalue weighted by Crippen LogP contribution is -2.50. The minimum Gasteiger partial charge on any atom is -0.308 e. The molecule has 1 atom stereocenters. The first-order chi connectivity index (χ1) is 8.48. The third-order valence-electron chi connectivity index (χ3n) is 3.41. The molecule has 0 radical (unpaired) electrons. The Labute approximate surface area is 111 Å². The van der Waals surface area contributed by atoms with Gasteiger partial charge in [-0.15, -0.1) is 0 Å². The van der Waals surface area contributed by atoms with Crippen LogP contribution in [0.2, 0.25) is 0 Å². The lowest BCUT2D eigenvalue weighted by molar-refractivity contribution is -0.0440. The fourth-order valence-corrected chi connectivity index (χ4v) is 2.40. The Bertz CT molecular complexity index is 403. The Morgan fingerprint density at radius 1 is 1.11 bits per heavy atom. The number of nitrogens with zero attached hydrogens (tertiary/aromatic N) is 2. The van der Waals surface area contributed by atoms with Crippen molar-refractivity contribution in [3.05, 3.63) is 48.2 Å². The first-order valence-electron chi connectivity index (χ1n) is 6.76. The van der Waals surface area contributed by atoms with Crippen molar-refractivity contribution in [2.45, 2.75) is 45.7 Å². The lowest BCUT2D eigenvalue weighted by Gasteiger charge is -2.41. The van der Waals surface area contributed by atoms with E-state index < -0.39 is 0 Å². The van der Waals surface area contributed by atoms with Crippen LogP contribution in [-0.2, 0) is 6.42 Å². The molecular formula is C16H24N2. The van der Waals surface area contributed by atoms with Gasteiger partial charge in [-0.2, -0.15) is 0 Å². The second-order valence-corrected chi connectivity index (χ2v) is 6.00. The van der Waals surface area contributed by atoms with Crippen LogP contribution in [0.1, 0.15) is 33.3 Å². The predicted molar refractivity (Wildman–Crippen MR) is 77.0 cm³/mol. The van der Waals surface area contributed by atoms with Crippen molar-refractivity contribution in [1.82, 2.24) is 10.0 Å². The zero-order valence-electron chi connectivity index (χ0n) is 11.9. The molecule has 0 N–H and O–H groups in total. The quantitative estimate of drug-likeness (QED) is 0.803. The number of hydrogen-bond acceptors (Lipinski definition) is 2. The second-order valence-electron chi connectivity index (χ2n) is 6.00. The molecule has 0 aromatic heterocycles. The average molecular weight is 244 g/mol. The summed E-state index contributed by atoms with van der Waals surface area (Å²) in [6.07, 6.45) is 5.59. The molecule has 1 aromatic carbocycles. The Kier molecular flexibility index (Phi) is 3.76. The van der Waals surface area contributed by atoms with E-state index in [-0.39, 0.29) is 5.54 Å². The lowest BCUT2D eigenvalue weighted by atomic mass is 10.1. The van der Waals surface area contributed by atoms with Crippen molar-refractivity contribution in [3.8, 4) is 0 Å². The molecule has 0 spiro atoms. The molecule has 1 aromatic rings. The minimum absolute atomic E-state index is 0.151. The molecule has 0 bridgehead atoms. The van der Waals surface area contributed by atoms with Gasteiger partial charge in [-0.25, -0.2) is 5.01 Å². The van der Waals surface area contributed by atoms with Crippen molar-refractivity contribution in [3.63, 3.8) is 0 Å². The van der Waals surface area contributed by atoms with Gasteiger partial charge in [0.2, 0.25) is 0 Å². The molecule has 0 aliphatic carbocycles. The number of rotatable bonds is 3. The maximum atomic E-state index is 2.45. The van der Waals surface area contributed by atoms with E-state index in [1.54, 1.807) is 0 Å². The SMILES string of the molecule is CC1C=CN(C(C)(C)C)N1CCc1ccccc1. The first-order valence-corrected chi connectivity index (χ1v) is 6.76. The summed E-state index contributed by atoms with van der Waals surface area (Å²) in [4.78, 5) is 0. The van der Waals surface area contributed by atoms with Gasteiger partial charge in [-0.3, -0.25) is 0 Å². The van der Waals surface area contributed by atoms with Gasteiger partial charge in [0.1, 0.15) is 0 Å². The van der Waals surface area contributed by atoms with Crippen LogP contribution < -0.4 is 0 Å². The smallest absolute Gasteiger partial charge is 0.0475 e. The number of benzene rings is 1. The first kappa shape index (κ1) is 13.2. The largest absolute Gasteiger partial charge is 0.308 e. The normalized spacial score (nSPS) is 20.7. The van der Waals surface area contributed by atoms with Crippen LogP contribution in [0.4, 0.5) is 0 Å². The molecule has 2 heteroatoms. The molecule has 2 nitrogen and oxygen atoms in total. The summed E-state index contributed by atoms with van der Waals surface area (Å²) in [6.45, 7) is 10.1. The molecule has 0 fully saturated rings. The van der Waals surface area contributed by atoms with E-state index in [1.807, 2.05) is 0 Å². The van der Waals surface area contributed by atoms with Crippen molar-refractivity contribution >= 4 is 0 Å². The zero-order chi connectivity index (χ0) is 13.2. The van der Waals surface area contributed by atoms with Gasteiger partial charge in [0.15, 0.2) is 0 Å². The highest BCUT2D eigenvalue weighted by Crippen LogP contribution is 2.24. The van der Waals surface area contributed by atoms with Crippen LogP contribution in [0.25, 0.3) is 0 Å². The third kappa shape index (κ3) is 2.94. The second kappa shape index (κ2) is 5.15. The minimum atomic E-state index is 0.151. The summed E-state index contributed by atoms with van der Waals surface area (Å²) in [5.74, 6) is 0. The van der Waals surface area contributed by atoms with Crippen LogP contribution >= 0.6 is 0 Å². The van der Waals surface area contributed by atoms with Crippen molar-refractivity contribution in [2.24, 2.45) is 0 Å². The zero-order valence-corrected chi connectivity index (χ0v) is 11.9. The molecule has 98 valence electrons. The Morgan fingerprint density at radius 3 is 2.39 bits per heavy atom. The highest BCUT2D eigenvalue weighted by Gasteiger charge is 2.30. The molecule has 0 amide bonds. The molecule has 1 unspecified atom stereocenters. The van der Waals surface area contributed by atoms with Gasteiger partial charge in [0.25, 0.3) is 0 Å². The summed E-state index contributed by atoms with van der Waals surface area (Å²) in [7, 11) is 0. The van der Waals surface area contributed by atoms with Crippen LogP contribution in [0.5, 0.6) is 0 Å².